The number of aromatic nitrogens is 2. The predicted molar refractivity (Wildman–Crippen MR) is 120 cm³/mol. The molecular weight excluding hydrogens is 362 g/mol. The van der Waals surface area contributed by atoms with E-state index >= 15 is 0 Å². The zero-order valence-electron chi connectivity index (χ0n) is 18.2. The van der Waals surface area contributed by atoms with Gasteiger partial charge in [-0.05, 0) is 30.7 Å². The highest BCUT2D eigenvalue weighted by molar-refractivity contribution is 5.54. The van der Waals surface area contributed by atoms with E-state index in [4.69, 9.17) is 14.9 Å². The summed E-state index contributed by atoms with van der Waals surface area (Å²) >= 11 is 0. The molecule has 2 rings (SSSR count). The first kappa shape index (κ1) is 23.2. The van der Waals surface area contributed by atoms with Crippen LogP contribution in [0.15, 0.2) is 28.7 Å². The predicted octanol–water partition coefficient (Wildman–Crippen LogP) is 7.18. The summed E-state index contributed by atoms with van der Waals surface area (Å²) in [7, 11) is 0. The van der Waals surface area contributed by atoms with Gasteiger partial charge in [0.1, 0.15) is 5.75 Å². The fraction of sp³-hybridized carbons (Fsp3) is 0.667. The van der Waals surface area contributed by atoms with Crippen LogP contribution in [0.25, 0.3) is 11.5 Å². The number of hydrogen-bond acceptors (Lipinski definition) is 5. The standard InChI is InChI=1S/C24H39N3O2/c1-2-3-4-5-6-7-8-9-10-11-12-13-14-15-20-28-22-18-16-21(17-19-22)23-26-27-24(25)29-23/h16-19H,2-15,20H2,1H3,(H2,25,27). The van der Waals surface area contributed by atoms with Crippen LogP contribution in [0.2, 0.25) is 0 Å². The van der Waals surface area contributed by atoms with E-state index in [1.54, 1.807) is 0 Å². The summed E-state index contributed by atoms with van der Waals surface area (Å²) in [5.74, 6) is 1.30. The monoisotopic (exact) mass is 401 g/mol. The third kappa shape index (κ3) is 10.3. The Hall–Kier alpha value is -2.04. The van der Waals surface area contributed by atoms with Crippen LogP contribution in [0.1, 0.15) is 96.8 Å². The summed E-state index contributed by atoms with van der Waals surface area (Å²) in [5.41, 5.74) is 6.30. The highest BCUT2D eigenvalue weighted by Crippen LogP contribution is 2.22. The topological polar surface area (TPSA) is 74.2 Å². The van der Waals surface area contributed by atoms with Crippen LogP contribution >= 0.6 is 0 Å². The van der Waals surface area contributed by atoms with Gasteiger partial charge in [0.2, 0.25) is 5.89 Å². The molecule has 0 aliphatic heterocycles. The van der Waals surface area contributed by atoms with Crippen LogP contribution in [0.5, 0.6) is 5.75 Å². The Kier molecular flexibility index (Phi) is 11.9. The van der Waals surface area contributed by atoms with Crippen molar-refractivity contribution in [3.8, 4) is 17.2 Å². The number of unbranched alkanes of at least 4 members (excludes halogenated alkanes) is 13. The van der Waals surface area contributed by atoms with Crippen LogP contribution in [0.3, 0.4) is 0 Å². The van der Waals surface area contributed by atoms with Crippen LogP contribution in [0, 0.1) is 0 Å². The lowest BCUT2D eigenvalue weighted by atomic mass is 10.0. The van der Waals surface area contributed by atoms with E-state index in [0.717, 1.165) is 24.3 Å². The SMILES string of the molecule is CCCCCCCCCCCCCCCCOc1ccc(-c2nnc(N)o2)cc1. The second kappa shape index (κ2) is 14.9. The van der Waals surface area contributed by atoms with Crippen molar-refractivity contribution in [1.29, 1.82) is 0 Å². The van der Waals surface area contributed by atoms with E-state index in [1.807, 2.05) is 24.3 Å². The third-order valence-electron chi connectivity index (χ3n) is 5.31. The molecule has 0 radical (unpaired) electrons. The van der Waals surface area contributed by atoms with E-state index in [9.17, 15) is 0 Å². The molecule has 0 saturated heterocycles. The summed E-state index contributed by atoms with van der Waals surface area (Å²) in [4.78, 5) is 0. The number of nitrogen functional groups attached to an aromatic ring is 1. The summed E-state index contributed by atoms with van der Waals surface area (Å²) in [6.45, 7) is 3.05. The molecule has 1 aromatic carbocycles. The zero-order valence-corrected chi connectivity index (χ0v) is 18.2. The molecule has 5 heteroatoms. The molecule has 0 aliphatic carbocycles. The van der Waals surface area contributed by atoms with Crippen molar-refractivity contribution in [3.05, 3.63) is 24.3 Å². The number of nitrogens with two attached hydrogens (primary N) is 1. The second-order valence-electron chi connectivity index (χ2n) is 7.91. The molecule has 162 valence electrons. The Labute approximate surface area is 176 Å². The largest absolute Gasteiger partial charge is 0.494 e. The number of anilines is 1. The molecule has 0 aliphatic rings. The van der Waals surface area contributed by atoms with Gasteiger partial charge in [-0.25, -0.2) is 0 Å². The maximum atomic E-state index is 5.82. The highest BCUT2D eigenvalue weighted by atomic mass is 16.5. The Bertz CT molecular complexity index is 640. The van der Waals surface area contributed by atoms with Gasteiger partial charge < -0.3 is 14.9 Å². The molecular formula is C24H39N3O2. The van der Waals surface area contributed by atoms with E-state index in [-0.39, 0.29) is 6.01 Å². The van der Waals surface area contributed by atoms with Crippen LogP contribution < -0.4 is 10.5 Å². The van der Waals surface area contributed by atoms with Gasteiger partial charge in [-0.3, -0.25) is 0 Å². The molecule has 1 aromatic heterocycles. The van der Waals surface area contributed by atoms with Gasteiger partial charge in [-0.1, -0.05) is 95.5 Å². The number of benzene rings is 1. The van der Waals surface area contributed by atoms with Gasteiger partial charge in [0.15, 0.2) is 0 Å². The lowest BCUT2D eigenvalue weighted by molar-refractivity contribution is 0.304. The van der Waals surface area contributed by atoms with Crippen molar-refractivity contribution in [2.45, 2.75) is 96.8 Å². The Morgan fingerprint density at radius 1 is 0.724 bits per heavy atom. The van der Waals surface area contributed by atoms with E-state index in [1.165, 1.54) is 83.5 Å². The Morgan fingerprint density at radius 3 is 1.72 bits per heavy atom. The highest BCUT2D eigenvalue weighted by Gasteiger charge is 2.06. The fourth-order valence-corrected chi connectivity index (χ4v) is 3.53. The molecule has 0 spiro atoms. The van der Waals surface area contributed by atoms with Crippen molar-refractivity contribution < 1.29 is 9.15 Å². The van der Waals surface area contributed by atoms with Gasteiger partial charge in [0.05, 0.1) is 6.61 Å². The van der Waals surface area contributed by atoms with E-state index in [0.29, 0.717) is 5.89 Å². The molecule has 0 atom stereocenters. The Balaban J connectivity index is 1.39. The van der Waals surface area contributed by atoms with Gasteiger partial charge >= 0.3 is 6.01 Å². The lowest BCUT2D eigenvalue weighted by Crippen LogP contribution is -1.97. The molecule has 0 amide bonds. The average molecular weight is 402 g/mol. The zero-order chi connectivity index (χ0) is 20.6. The van der Waals surface area contributed by atoms with Gasteiger partial charge in [-0.2, -0.15) is 0 Å². The fourth-order valence-electron chi connectivity index (χ4n) is 3.53. The first-order valence-corrected chi connectivity index (χ1v) is 11.6. The van der Waals surface area contributed by atoms with Crippen molar-refractivity contribution in [3.63, 3.8) is 0 Å². The summed E-state index contributed by atoms with van der Waals surface area (Å²) < 4.78 is 11.0. The smallest absolute Gasteiger partial charge is 0.313 e. The number of ether oxygens (including phenoxy) is 1. The quantitative estimate of drug-likeness (QED) is 0.284. The van der Waals surface area contributed by atoms with Crippen molar-refractivity contribution in [2.24, 2.45) is 0 Å². The minimum atomic E-state index is 0.0816. The average Bonchev–Trinajstić information content (AvgIpc) is 3.17. The van der Waals surface area contributed by atoms with E-state index in [2.05, 4.69) is 17.1 Å². The van der Waals surface area contributed by atoms with E-state index < -0.39 is 0 Å². The molecule has 0 bridgehead atoms. The lowest BCUT2D eigenvalue weighted by Gasteiger charge is -2.06. The van der Waals surface area contributed by atoms with Crippen molar-refractivity contribution >= 4 is 6.01 Å². The minimum absolute atomic E-state index is 0.0816. The summed E-state index contributed by atoms with van der Waals surface area (Å²) in [5, 5.41) is 7.55. The Morgan fingerprint density at radius 2 is 1.24 bits per heavy atom. The van der Waals surface area contributed by atoms with Crippen molar-refractivity contribution in [1.82, 2.24) is 10.2 Å². The summed E-state index contributed by atoms with van der Waals surface area (Å²) in [6.07, 6.45) is 19.2. The van der Waals surface area contributed by atoms with Gasteiger partial charge in [0.25, 0.3) is 0 Å². The van der Waals surface area contributed by atoms with Gasteiger partial charge in [0, 0.05) is 5.56 Å². The second-order valence-corrected chi connectivity index (χ2v) is 7.91. The van der Waals surface area contributed by atoms with Crippen LogP contribution in [-0.4, -0.2) is 16.8 Å². The maximum Gasteiger partial charge on any atom is 0.313 e. The normalized spacial score (nSPS) is 11.1. The molecule has 5 nitrogen and oxygen atoms in total. The van der Waals surface area contributed by atoms with Crippen LogP contribution in [0.4, 0.5) is 6.01 Å². The molecule has 2 N–H and O–H groups in total. The molecule has 2 aromatic rings. The molecule has 1 heterocycles. The molecule has 29 heavy (non-hydrogen) atoms. The first-order valence-electron chi connectivity index (χ1n) is 11.6. The first-order chi connectivity index (χ1) is 14.3. The summed E-state index contributed by atoms with van der Waals surface area (Å²) in [6, 6.07) is 7.76. The molecule has 0 saturated carbocycles. The third-order valence-corrected chi connectivity index (χ3v) is 5.31. The van der Waals surface area contributed by atoms with Gasteiger partial charge in [-0.15, -0.1) is 5.10 Å². The minimum Gasteiger partial charge on any atom is -0.494 e. The van der Waals surface area contributed by atoms with Crippen LogP contribution in [-0.2, 0) is 0 Å². The molecule has 0 unspecified atom stereocenters. The number of hydrogen-bond donors (Lipinski definition) is 1. The molecule has 0 fully saturated rings. The number of nitrogens with zero attached hydrogens (tertiary/aromatic N) is 2. The maximum absolute atomic E-state index is 5.82. The van der Waals surface area contributed by atoms with Crippen molar-refractivity contribution in [2.75, 3.05) is 12.3 Å². The number of rotatable bonds is 17.